The summed E-state index contributed by atoms with van der Waals surface area (Å²) in [6, 6.07) is 0. The molecular weight excluding hydrogens is 154 g/mol. The van der Waals surface area contributed by atoms with Gasteiger partial charge in [-0.3, -0.25) is 4.79 Å². The Labute approximate surface area is 73.5 Å². The van der Waals surface area contributed by atoms with Crippen LogP contribution in [0.2, 0.25) is 0 Å². The Morgan fingerprint density at radius 3 is 2.92 bits per heavy atom. The predicted molar refractivity (Wildman–Crippen MR) is 46.8 cm³/mol. The van der Waals surface area contributed by atoms with Crippen LogP contribution in [-0.4, -0.2) is 26.2 Å². The van der Waals surface area contributed by atoms with Gasteiger partial charge >= 0.3 is 5.97 Å². The zero-order chi connectivity index (χ0) is 8.97. The van der Waals surface area contributed by atoms with Gasteiger partial charge < -0.3 is 10.1 Å². The summed E-state index contributed by atoms with van der Waals surface area (Å²) < 4.78 is 4.62. The second-order valence-electron chi connectivity index (χ2n) is 3.65. The number of ether oxygens (including phenoxy) is 1. The van der Waals surface area contributed by atoms with Gasteiger partial charge in [-0.05, 0) is 31.3 Å². The number of methoxy groups -OCH3 is 1. The molecule has 0 aromatic heterocycles. The maximum Gasteiger partial charge on any atom is 0.305 e. The van der Waals surface area contributed by atoms with Gasteiger partial charge in [0.15, 0.2) is 0 Å². The van der Waals surface area contributed by atoms with Crippen molar-refractivity contribution in [3.63, 3.8) is 0 Å². The molecule has 1 fully saturated rings. The van der Waals surface area contributed by atoms with E-state index in [-0.39, 0.29) is 5.97 Å². The minimum absolute atomic E-state index is 0.0871. The summed E-state index contributed by atoms with van der Waals surface area (Å²) in [6.45, 7) is 4.24. The van der Waals surface area contributed by atoms with E-state index in [1.807, 2.05) is 0 Å². The zero-order valence-electron chi connectivity index (χ0n) is 7.80. The Morgan fingerprint density at radius 2 is 2.33 bits per heavy atom. The molecule has 0 amide bonds. The summed E-state index contributed by atoms with van der Waals surface area (Å²) in [7, 11) is 1.45. The van der Waals surface area contributed by atoms with Crippen LogP contribution >= 0.6 is 0 Å². The van der Waals surface area contributed by atoms with Crippen LogP contribution in [0.4, 0.5) is 0 Å². The highest BCUT2D eigenvalue weighted by atomic mass is 16.5. The first-order valence-corrected chi connectivity index (χ1v) is 4.50. The lowest BCUT2D eigenvalue weighted by Crippen LogP contribution is -2.36. The molecule has 1 heterocycles. The Bertz CT molecular complexity index is 159. The van der Waals surface area contributed by atoms with Crippen LogP contribution < -0.4 is 5.32 Å². The van der Waals surface area contributed by atoms with Crippen LogP contribution in [0.3, 0.4) is 0 Å². The van der Waals surface area contributed by atoms with Gasteiger partial charge in [-0.15, -0.1) is 0 Å². The van der Waals surface area contributed by atoms with E-state index in [4.69, 9.17) is 0 Å². The van der Waals surface area contributed by atoms with E-state index < -0.39 is 0 Å². The standard InChI is InChI=1S/C9H17NO2/c1-7-3-8(6-10-5-7)4-9(11)12-2/h7-8,10H,3-6H2,1-2H3/t7-,8-/m0/s1. The predicted octanol–water partition coefficient (Wildman–Crippen LogP) is 0.795. The molecule has 12 heavy (non-hydrogen) atoms. The highest BCUT2D eigenvalue weighted by molar-refractivity contribution is 5.69. The number of carbonyl (C=O) groups is 1. The van der Waals surface area contributed by atoms with E-state index in [0.717, 1.165) is 19.5 Å². The van der Waals surface area contributed by atoms with Gasteiger partial charge in [0.05, 0.1) is 7.11 Å². The first-order valence-electron chi connectivity index (χ1n) is 4.50. The second-order valence-corrected chi connectivity index (χ2v) is 3.65. The number of esters is 1. The molecule has 0 unspecified atom stereocenters. The zero-order valence-corrected chi connectivity index (χ0v) is 7.80. The molecule has 0 aliphatic carbocycles. The molecule has 0 saturated carbocycles. The van der Waals surface area contributed by atoms with E-state index in [2.05, 4.69) is 17.0 Å². The Hall–Kier alpha value is -0.570. The van der Waals surface area contributed by atoms with Crippen LogP contribution in [0.1, 0.15) is 19.8 Å². The monoisotopic (exact) mass is 171 g/mol. The number of hydrogen-bond acceptors (Lipinski definition) is 3. The molecule has 1 saturated heterocycles. The normalized spacial score (nSPS) is 29.8. The molecule has 0 aromatic rings. The first kappa shape index (κ1) is 9.52. The quantitative estimate of drug-likeness (QED) is 0.624. The summed E-state index contributed by atoms with van der Waals surface area (Å²) >= 11 is 0. The highest BCUT2D eigenvalue weighted by Gasteiger charge is 2.20. The average molecular weight is 171 g/mol. The van der Waals surface area contributed by atoms with Crippen LogP contribution in [0.25, 0.3) is 0 Å². The Morgan fingerprint density at radius 1 is 1.58 bits per heavy atom. The van der Waals surface area contributed by atoms with E-state index in [0.29, 0.717) is 18.3 Å². The molecule has 0 aromatic carbocycles. The number of rotatable bonds is 2. The lowest BCUT2D eigenvalue weighted by molar-refractivity contribution is -0.141. The van der Waals surface area contributed by atoms with E-state index >= 15 is 0 Å². The second kappa shape index (κ2) is 4.45. The SMILES string of the molecule is COC(=O)C[C@H]1CNC[C@@H](C)C1. The number of piperidine rings is 1. The van der Waals surface area contributed by atoms with Gasteiger partial charge in [-0.25, -0.2) is 0 Å². The molecule has 1 aliphatic heterocycles. The lowest BCUT2D eigenvalue weighted by Gasteiger charge is -2.26. The van der Waals surface area contributed by atoms with Crippen molar-refractivity contribution >= 4 is 5.97 Å². The average Bonchev–Trinajstić information content (AvgIpc) is 2.04. The summed E-state index contributed by atoms with van der Waals surface area (Å²) in [4.78, 5) is 10.9. The summed E-state index contributed by atoms with van der Waals surface area (Å²) in [5, 5.41) is 3.31. The summed E-state index contributed by atoms with van der Waals surface area (Å²) in [5.74, 6) is 1.07. The number of nitrogens with one attached hydrogen (secondary N) is 1. The van der Waals surface area contributed by atoms with Crippen molar-refractivity contribution in [2.75, 3.05) is 20.2 Å². The van der Waals surface area contributed by atoms with Crippen molar-refractivity contribution in [2.45, 2.75) is 19.8 Å². The molecule has 0 bridgehead atoms. The smallest absolute Gasteiger partial charge is 0.305 e. The van der Waals surface area contributed by atoms with Crippen LogP contribution in [0.5, 0.6) is 0 Å². The van der Waals surface area contributed by atoms with Gasteiger partial charge in [0.1, 0.15) is 0 Å². The molecule has 70 valence electrons. The van der Waals surface area contributed by atoms with Gasteiger partial charge in [-0.1, -0.05) is 6.92 Å². The van der Waals surface area contributed by atoms with E-state index in [1.54, 1.807) is 0 Å². The van der Waals surface area contributed by atoms with Crippen molar-refractivity contribution in [3.05, 3.63) is 0 Å². The molecule has 3 heteroatoms. The number of carbonyl (C=O) groups excluding carboxylic acids is 1. The summed E-state index contributed by atoms with van der Waals surface area (Å²) in [5.41, 5.74) is 0. The topological polar surface area (TPSA) is 38.3 Å². The molecule has 1 N–H and O–H groups in total. The van der Waals surface area contributed by atoms with Crippen LogP contribution in [0, 0.1) is 11.8 Å². The highest BCUT2D eigenvalue weighted by Crippen LogP contribution is 2.18. The van der Waals surface area contributed by atoms with Crippen molar-refractivity contribution in [2.24, 2.45) is 11.8 Å². The molecular formula is C9H17NO2. The van der Waals surface area contributed by atoms with Gasteiger partial charge in [-0.2, -0.15) is 0 Å². The van der Waals surface area contributed by atoms with Gasteiger partial charge in [0.2, 0.25) is 0 Å². The lowest BCUT2D eigenvalue weighted by atomic mass is 9.90. The molecule has 1 rings (SSSR count). The minimum atomic E-state index is -0.0871. The Balaban J connectivity index is 2.27. The fraction of sp³-hybridized carbons (Fsp3) is 0.889. The van der Waals surface area contributed by atoms with E-state index in [9.17, 15) is 4.79 Å². The minimum Gasteiger partial charge on any atom is -0.469 e. The van der Waals surface area contributed by atoms with Crippen molar-refractivity contribution in [1.29, 1.82) is 0 Å². The third-order valence-corrected chi connectivity index (χ3v) is 2.34. The van der Waals surface area contributed by atoms with Gasteiger partial charge in [0, 0.05) is 6.42 Å². The van der Waals surface area contributed by atoms with Crippen LogP contribution in [-0.2, 0) is 9.53 Å². The molecule has 2 atom stereocenters. The van der Waals surface area contributed by atoms with Crippen molar-refractivity contribution < 1.29 is 9.53 Å². The molecule has 0 radical (unpaired) electrons. The fourth-order valence-corrected chi connectivity index (χ4v) is 1.74. The third-order valence-electron chi connectivity index (χ3n) is 2.34. The van der Waals surface area contributed by atoms with Crippen molar-refractivity contribution in [1.82, 2.24) is 5.32 Å². The fourth-order valence-electron chi connectivity index (χ4n) is 1.74. The van der Waals surface area contributed by atoms with E-state index in [1.165, 1.54) is 7.11 Å². The third kappa shape index (κ3) is 2.81. The number of hydrogen-bond donors (Lipinski definition) is 1. The molecule has 3 nitrogen and oxygen atoms in total. The van der Waals surface area contributed by atoms with Gasteiger partial charge in [0.25, 0.3) is 0 Å². The summed E-state index contributed by atoms with van der Waals surface area (Å²) in [6.07, 6.45) is 1.70. The maximum absolute atomic E-state index is 10.9. The molecule has 0 spiro atoms. The van der Waals surface area contributed by atoms with Crippen LogP contribution in [0.15, 0.2) is 0 Å². The molecule has 1 aliphatic rings. The largest absolute Gasteiger partial charge is 0.469 e. The maximum atomic E-state index is 10.9. The first-order chi connectivity index (χ1) is 5.72. The Kier molecular flexibility index (Phi) is 3.53. The van der Waals surface area contributed by atoms with Crippen molar-refractivity contribution in [3.8, 4) is 0 Å².